The number of hydrogen-bond donors (Lipinski definition) is 2. The monoisotopic (exact) mass is 489 g/mol. The van der Waals surface area contributed by atoms with Gasteiger partial charge in [-0.2, -0.15) is 0 Å². The number of rotatable bonds is 7. The number of aromatic amines is 1. The van der Waals surface area contributed by atoms with E-state index < -0.39 is 10.0 Å². The summed E-state index contributed by atoms with van der Waals surface area (Å²) in [5, 5.41) is 0.475. The van der Waals surface area contributed by atoms with Crippen molar-refractivity contribution in [1.29, 1.82) is 0 Å². The highest BCUT2D eigenvalue weighted by Crippen LogP contribution is 2.24. The number of H-pyrrole nitrogens is 1. The lowest BCUT2D eigenvalue weighted by atomic mass is 10.1. The van der Waals surface area contributed by atoms with Crippen LogP contribution in [0.15, 0.2) is 102 Å². The molecule has 0 spiro atoms. The Hall–Kier alpha value is -3.81. The van der Waals surface area contributed by atoms with Gasteiger partial charge in [0.2, 0.25) is 0 Å². The third kappa shape index (κ3) is 5.06. The van der Waals surface area contributed by atoms with Crippen LogP contribution in [-0.4, -0.2) is 18.4 Å². The number of ether oxygens (including phenoxy) is 1. The SMILES string of the molecule is O=S(=O)(Nc1ccc2[nH]c(Cc3ccc(Oc4ccccc4)cc3)nc2c1)c1ccc(Cl)cc1. The number of fused-ring (bicyclic) bond motifs is 1. The van der Waals surface area contributed by atoms with Crippen molar-refractivity contribution in [3.05, 3.63) is 113 Å². The first-order valence-electron chi connectivity index (χ1n) is 10.5. The minimum absolute atomic E-state index is 0.138. The fraction of sp³-hybridized carbons (Fsp3) is 0.0385. The first kappa shape index (κ1) is 22.0. The average Bonchev–Trinajstić information content (AvgIpc) is 3.22. The van der Waals surface area contributed by atoms with Crippen molar-refractivity contribution < 1.29 is 13.2 Å². The zero-order valence-corrected chi connectivity index (χ0v) is 19.5. The number of para-hydroxylation sites is 1. The number of nitrogens with zero attached hydrogens (tertiary/aromatic N) is 1. The van der Waals surface area contributed by atoms with Gasteiger partial charge in [0.25, 0.3) is 10.0 Å². The average molecular weight is 490 g/mol. The van der Waals surface area contributed by atoms with E-state index in [1.165, 1.54) is 12.1 Å². The summed E-state index contributed by atoms with van der Waals surface area (Å²) in [6.45, 7) is 0. The second-order valence-corrected chi connectivity index (χ2v) is 9.83. The maximum atomic E-state index is 12.6. The molecule has 0 aliphatic heterocycles. The maximum absolute atomic E-state index is 12.6. The highest BCUT2D eigenvalue weighted by Gasteiger charge is 2.15. The number of benzene rings is 4. The molecule has 0 amide bonds. The Balaban J connectivity index is 1.29. The highest BCUT2D eigenvalue weighted by molar-refractivity contribution is 7.92. The van der Waals surface area contributed by atoms with Crippen LogP contribution in [0.1, 0.15) is 11.4 Å². The number of nitrogens with one attached hydrogen (secondary N) is 2. The van der Waals surface area contributed by atoms with Gasteiger partial charge in [0, 0.05) is 11.4 Å². The van der Waals surface area contributed by atoms with Gasteiger partial charge in [-0.05, 0) is 72.3 Å². The van der Waals surface area contributed by atoms with Crippen LogP contribution in [0.25, 0.3) is 11.0 Å². The zero-order chi connectivity index (χ0) is 23.5. The highest BCUT2D eigenvalue weighted by atomic mass is 35.5. The van der Waals surface area contributed by atoms with Gasteiger partial charge in [-0.1, -0.05) is 41.9 Å². The molecule has 4 aromatic carbocycles. The van der Waals surface area contributed by atoms with E-state index in [0.717, 1.165) is 28.4 Å². The first-order chi connectivity index (χ1) is 16.4. The number of halogens is 1. The zero-order valence-electron chi connectivity index (χ0n) is 17.9. The van der Waals surface area contributed by atoms with Crippen molar-refractivity contribution in [3.63, 3.8) is 0 Å². The molecule has 0 radical (unpaired) electrons. The molecule has 1 aromatic heterocycles. The molecule has 0 fully saturated rings. The molecule has 0 aliphatic carbocycles. The Labute approximate surface area is 202 Å². The predicted octanol–water partition coefficient (Wildman–Crippen LogP) is 6.40. The van der Waals surface area contributed by atoms with Gasteiger partial charge in [0.1, 0.15) is 17.3 Å². The quantitative estimate of drug-likeness (QED) is 0.277. The van der Waals surface area contributed by atoms with E-state index in [-0.39, 0.29) is 4.90 Å². The lowest BCUT2D eigenvalue weighted by Crippen LogP contribution is -2.12. The molecule has 8 heteroatoms. The Morgan fingerprint density at radius 2 is 1.56 bits per heavy atom. The molecule has 34 heavy (non-hydrogen) atoms. The summed E-state index contributed by atoms with van der Waals surface area (Å²) in [6.07, 6.45) is 0.603. The summed E-state index contributed by atoms with van der Waals surface area (Å²) < 4.78 is 33.7. The second-order valence-electron chi connectivity index (χ2n) is 7.71. The van der Waals surface area contributed by atoms with E-state index in [2.05, 4.69) is 14.7 Å². The molecule has 1 heterocycles. The van der Waals surface area contributed by atoms with Gasteiger partial charge in [-0.25, -0.2) is 13.4 Å². The fourth-order valence-corrected chi connectivity index (χ4v) is 4.70. The van der Waals surface area contributed by atoms with Gasteiger partial charge in [0.05, 0.1) is 21.6 Å². The van der Waals surface area contributed by atoms with Crippen molar-refractivity contribution >= 4 is 38.3 Å². The summed E-state index contributed by atoms with van der Waals surface area (Å²) >= 11 is 5.85. The molecule has 2 N–H and O–H groups in total. The lowest BCUT2D eigenvalue weighted by molar-refractivity contribution is 0.482. The van der Waals surface area contributed by atoms with Crippen LogP contribution in [0.2, 0.25) is 5.02 Å². The standard InChI is InChI=1S/C26H20ClN3O3S/c27-19-8-13-23(14-9-19)34(31,32)30-20-10-15-24-25(17-20)29-26(28-24)16-18-6-11-22(12-7-18)33-21-4-2-1-3-5-21/h1-15,17,30H,16H2,(H,28,29). The maximum Gasteiger partial charge on any atom is 0.261 e. The van der Waals surface area contributed by atoms with Crippen molar-refractivity contribution in [1.82, 2.24) is 9.97 Å². The van der Waals surface area contributed by atoms with Crippen LogP contribution in [0.4, 0.5) is 5.69 Å². The lowest BCUT2D eigenvalue weighted by Gasteiger charge is -2.08. The second kappa shape index (κ2) is 9.21. The van der Waals surface area contributed by atoms with E-state index in [1.54, 1.807) is 24.3 Å². The van der Waals surface area contributed by atoms with E-state index in [9.17, 15) is 8.42 Å². The number of sulfonamides is 1. The first-order valence-corrected chi connectivity index (χ1v) is 12.4. The predicted molar refractivity (Wildman–Crippen MR) is 134 cm³/mol. The van der Waals surface area contributed by atoms with Crippen LogP contribution < -0.4 is 9.46 Å². The number of aromatic nitrogens is 2. The Kier molecular flexibility index (Phi) is 5.96. The Morgan fingerprint density at radius 3 is 2.29 bits per heavy atom. The number of hydrogen-bond acceptors (Lipinski definition) is 4. The summed E-state index contributed by atoms with van der Waals surface area (Å²) in [5.74, 6) is 2.33. The van der Waals surface area contributed by atoms with Crippen molar-refractivity contribution in [2.45, 2.75) is 11.3 Å². The topological polar surface area (TPSA) is 84.1 Å². The molecule has 0 atom stereocenters. The van der Waals surface area contributed by atoms with Crippen molar-refractivity contribution in [3.8, 4) is 11.5 Å². The molecule has 0 saturated carbocycles. The molecule has 0 unspecified atom stereocenters. The molecule has 0 saturated heterocycles. The van der Waals surface area contributed by atoms with Crippen LogP contribution in [0, 0.1) is 0 Å². The van der Waals surface area contributed by atoms with Gasteiger partial charge < -0.3 is 9.72 Å². The third-order valence-electron chi connectivity index (χ3n) is 5.18. The van der Waals surface area contributed by atoms with Crippen LogP contribution >= 0.6 is 11.6 Å². The van der Waals surface area contributed by atoms with Gasteiger partial charge in [0.15, 0.2) is 0 Å². The molecule has 0 bridgehead atoms. The summed E-state index contributed by atoms with van der Waals surface area (Å²) in [5.41, 5.74) is 3.01. The van der Waals surface area contributed by atoms with Gasteiger partial charge in [-0.3, -0.25) is 4.72 Å². The van der Waals surface area contributed by atoms with E-state index in [1.807, 2.05) is 60.7 Å². The normalized spacial score (nSPS) is 11.4. The molecule has 170 valence electrons. The Bertz CT molecular complexity index is 1530. The number of anilines is 1. The molecule has 5 aromatic rings. The van der Waals surface area contributed by atoms with Crippen LogP contribution in [-0.2, 0) is 16.4 Å². The summed E-state index contributed by atoms with van der Waals surface area (Å²) in [6, 6.07) is 28.7. The molecule has 5 rings (SSSR count). The molecule has 6 nitrogen and oxygen atoms in total. The van der Waals surface area contributed by atoms with E-state index >= 15 is 0 Å². The van der Waals surface area contributed by atoms with Crippen LogP contribution in [0.5, 0.6) is 11.5 Å². The fourth-order valence-electron chi connectivity index (χ4n) is 3.53. The largest absolute Gasteiger partial charge is 0.457 e. The van der Waals surface area contributed by atoms with Crippen molar-refractivity contribution in [2.24, 2.45) is 0 Å². The molecular weight excluding hydrogens is 470 g/mol. The summed E-state index contributed by atoms with van der Waals surface area (Å²) in [4.78, 5) is 8.06. The molecular formula is C26H20ClN3O3S. The van der Waals surface area contributed by atoms with Crippen LogP contribution in [0.3, 0.4) is 0 Å². The van der Waals surface area contributed by atoms with Gasteiger partial charge >= 0.3 is 0 Å². The van der Waals surface area contributed by atoms with Gasteiger partial charge in [-0.15, -0.1) is 0 Å². The number of imidazole rings is 1. The van der Waals surface area contributed by atoms with Crippen molar-refractivity contribution in [2.75, 3.05) is 4.72 Å². The minimum atomic E-state index is -3.73. The third-order valence-corrected chi connectivity index (χ3v) is 6.83. The van der Waals surface area contributed by atoms with E-state index in [0.29, 0.717) is 22.6 Å². The smallest absolute Gasteiger partial charge is 0.261 e. The Morgan fingerprint density at radius 1 is 0.853 bits per heavy atom. The van der Waals surface area contributed by atoms with E-state index in [4.69, 9.17) is 16.3 Å². The minimum Gasteiger partial charge on any atom is -0.457 e. The molecule has 0 aliphatic rings. The summed E-state index contributed by atoms with van der Waals surface area (Å²) in [7, 11) is -3.73.